The lowest BCUT2D eigenvalue weighted by Gasteiger charge is -2.10. The van der Waals surface area contributed by atoms with Gasteiger partial charge in [-0.25, -0.2) is 12.8 Å². The van der Waals surface area contributed by atoms with E-state index in [1.165, 1.54) is 36.0 Å². The maximum absolute atomic E-state index is 13.1. The first-order valence-corrected chi connectivity index (χ1v) is 7.02. The highest BCUT2D eigenvalue weighted by Gasteiger charge is 2.18. The Labute approximate surface area is 114 Å². The van der Waals surface area contributed by atoms with E-state index in [0.717, 1.165) is 12.1 Å². The van der Waals surface area contributed by atoms with E-state index in [2.05, 4.69) is 4.72 Å². The molecule has 0 amide bonds. The molecule has 3 N–H and O–H groups in total. The number of nitrogens with one attached hydrogen (secondary N) is 1. The van der Waals surface area contributed by atoms with Gasteiger partial charge in [-0.3, -0.25) is 9.52 Å². The summed E-state index contributed by atoms with van der Waals surface area (Å²) < 4.78 is 40.8. The molecule has 2 aromatic rings. The Morgan fingerprint density at radius 2 is 1.95 bits per heavy atom. The van der Waals surface area contributed by atoms with E-state index >= 15 is 0 Å². The summed E-state index contributed by atoms with van der Waals surface area (Å²) in [6.07, 6.45) is 1.31. The van der Waals surface area contributed by atoms with Gasteiger partial charge in [0.2, 0.25) is 5.56 Å². The summed E-state index contributed by atoms with van der Waals surface area (Å²) in [5.41, 5.74) is 5.37. The number of sulfonamides is 1. The number of nitrogens with two attached hydrogens (primary N) is 1. The van der Waals surface area contributed by atoms with Crippen LogP contribution < -0.4 is 16.0 Å². The third-order valence-corrected chi connectivity index (χ3v) is 4.04. The molecule has 0 aliphatic heterocycles. The summed E-state index contributed by atoms with van der Waals surface area (Å²) in [6, 6.07) is 5.60. The Hall–Kier alpha value is -2.35. The van der Waals surface area contributed by atoms with Crippen LogP contribution in [-0.4, -0.2) is 13.0 Å². The van der Waals surface area contributed by atoms with Crippen molar-refractivity contribution in [2.45, 2.75) is 4.90 Å². The molecule has 0 saturated heterocycles. The molecule has 0 aliphatic rings. The summed E-state index contributed by atoms with van der Waals surface area (Å²) in [6.45, 7) is 0. The van der Waals surface area contributed by atoms with Gasteiger partial charge >= 0.3 is 0 Å². The van der Waals surface area contributed by atoms with Crippen molar-refractivity contribution >= 4 is 21.4 Å². The fraction of sp³-hybridized carbons (Fsp3) is 0.0833. The van der Waals surface area contributed by atoms with Crippen LogP contribution in [0.15, 0.2) is 46.2 Å². The zero-order chi connectivity index (χ0) is 14.9. The van der Waals surface area contributed by atoms with Crippen LogP contribution in [0.5, 0.6) is 0 Å². The molecule has 2 rings (SSSR count). The third-order valence-electron chi connectivity index (χ3n) is 2.60. The topological polar surface area (TPSA) is 94.2 Å². The second-order valence-electron chi connectivity index (χ2n) is 4.15. The van der Waals surface area contributed by atoms with Gasteiger partial charge in [0.25, 0.3) is 10.0 Å². The van der Waals surface area contributed by atoms with Crippen molar-refractivity contribution in [2.24, 2.45) is 7.05 Å². The van der Waals surface area contributed by atoms with Gasteiger partial charge in [-0.2, -0.15) is 0 Å². The van der Waals surface area contributed by atoms with Crippen molar-refractivity contribution in [3.8, 4) is 0 Å². The van der Waals surface area contributed by atoms with E-state index in [4.69, 9.17) is 5.73 Å². The second-order valence-corrected chi connectivity index (χ2v) is 5.81. The second kappa shape index (κ2) is 4.97. The van der Waals surface area contributed by atoms with Gasteiger partial charge < -0.3 is 10.3 Å². The summed E-state index contributed by atoms with van der Waals surface area (Å²) >= 11 is 0. The van der Waals surface area contributed by atoms with Crippen LogP contribution in [0.1, 0.15) is 0 Å². The number of hydrogen-bond donors (Lipinski definition) is 2. The van der Waals surface area contributed by atoms with Crippen molar-refractivity contribution in [3.05, 3.63) is 52.7 Å². The summed E-state index contributed by atoms with van der Waals surface area (Å²) in [4.78, 5) is 10.9. The van der Waals surface area contributed by atoms with Gasteiger partial charge in [0.1, 0.15) is 10.7 Å². The minimum atomic E-state index is -4.03. The van der Waals surface area contributed by atoms with E-state index in [9.17, 15) is 17.6 Å². The number of anilines is 2. The number of nitrogen functional groups attached to an aromatic ring is 1. The molecule has 0 saturated carbocycles. The number of pyridine rings is 1. The third kappa shape index (κ3) is 2.80. The van der Waals surface area contributed by atoms with E-state index in [-0.39, 0.29) is 21.8 Å². The molecule has 106 valence electrons. The van der Waals surface area contributed by atoms with Crippen LogP contribution in [0.3, 0.4) is 0 Å². The summed E-state index contributed by atoms with van der Waals surface area (Å²) in [7, 11) is -2.54. The molecular weight excluding hydrogens is 285 g/mol. The number of nitrogens with zero attached hydrogens (tertiary/aromatic N) is 1. The highest BCUT2D eigenvalue weighted by atomic mass is 32.2. The fourth-order valence-electron chi connectivity index (χ4n) is 1.61. The Kier molecular flexibility index (Phi) is 3.49. The predicted octanol–water partition coefficient (Wildman–Crippen LogP) is 0.907. The van der Waals surface area contributed by atoms with Gasteiger partial charge in [0, 0.05) is 19.3 Å². The average molecular weight is 297 g/mol. The van der Waals surface area contributed by atoms with Crippen molar-refractivity contribution in [1.29, 1.82) is 0 Å². The van der Waals surface area contributed by atoms with Crippen LogP contribution in [-0.2, 0) is 17.1 Å². The van der Waals surface area contributed by atoms with Crippen molar-refractivity contribution < 1.29 is 12.8 Å². The average Bonchev–Trinajstić information content (AvgIpc) is 2.36. The van der Waals surface area contributed by atoms with Crippen LogP contribution >= 0.6 is 0 Å². The van der Waals surface area contributed by atoms with Crippen molar-refractivity contribution in [3.63, 3.8) is 0 Å². The molecule has 0 radical (unpaired) electrons. The lowest BCUT2D eigenvalue weighted by molar-refractivity contribution is 0.596. The molecule has 6 nitrogen and oxygen atoms in total. The van der Waals surface area contributed by atoms with E-state index < -0.39 is 15.8 Å². The zero-order valence-electron chi connectivity index (χ0n) is 10.5. The number of benzene rings is 1. The summed E-state index contributed by atoms with van der Waals surface area (Å²) in [5, 5.41) is 0. The van der Waals surface area contributed by atoms with E-state index in [1.807, 2.05) is 0 Å². The maximum atomic E-state index is 13.1. The first kappa shape index (κ1) is 14.1. The van der Waals surface area contributed by atoms with E-state index in [1.54, 1.807) is 0 Å². The molecule has 8 heteroatoms. The van der Waals surface area contributed by atoms with Gasteiger partial charge in [-0.15, -0.1) is 0 Å². The van der Waals surface area contributed by atoms with Crippen LogP contribution in [0.2, 0.25) is 0 Å². The molecule has 0 atom stereocenters. The highest BCUT2D eigenvalue weighted by molar-refractivity contribution is 7.92. The predicted molar refractivity (Wildman–Crippen MR) is 73.3 cm³/mol. The molecular formula is C12H12FN3O3S. The molecule has 0 bridgehead atoms. The quantitative estimate of drug-likeness (QED) is 0.823. The molecule has 1 heterocycles. The fourth-order valence-corrected chi connectivity index (χ4v) is 2.79. The van der Waals surface area contributed by atoms with E-state index in [0.29, 0.717) is 0 Å². The number of halogens is 1. The molecule has 0 fully saturated rings. The standard InChI is InChI=1S/C12H12FN3O3S/c1-16-7-9(3-5-12(16)17)15-20(18,19)11-6-8(13)2-4-10(11)14/h2-7,15H,14H2,1H3. The maximum Gasteiger partial charge on any atom is 0.264 e. The Morgan fingerprint density at radius 3 is 2.60 bits per heavy atom. The number of hydrogen-bond acceptors (Lipinski definition) is 4. The van der Waals surface area contributed by atoms with Crippen molar-refractivity contribution in [1.82, 2.24) is 4.57 Å². The Balaban J connectivity index is 2.43. The molecule has 1 aromatic carbocycles. The molecule has 0 aliphatic carbocycles. The normalized spacial score (nSPS) is 11.3. The number of aryl methyl sites for hydroxylation is 1. The highest BCUT2D eigenvalue weighted by Crippen LogP contribution is 2.21. The molecule has 1 aromatic heterocycles. The first-order valence-electron chi connectivity index (χ1n) is 5.54. The Bertz CT molecular complexity index is 815. The van der Waals surface area contributed by atoms with Crippen LogP contribution in [0.4, 0.5) is 15.8 Å². The summed E-state index contributed by atoms with van der Waals surface area (Å²) in [5.74, 6) is -0.708. The SMILES string of the molecule is Cn1cc(NS(=O)(=O)c2cc(F)ccc2N)ccc1=O. The lowest BCUT2D eigenvalue weighted by Crippen LogP contribution is -2.19. The zero-order valence-corrected chi connectivity index (χ0v) is 11.3. The molecule has 0 spiro atoms. The lowest BCUT2D eigenvalue weighted by atomic mass is 10.3. The first-order chi connectivity index (χ1) is 9.29. The van der Waals surface area contributed by atoms with Gasteiger partial charge in [0.05, 0.1) is 11.4 Å². The number of rotatable bonds is 3. The minimum Gasteiger partial charge on any atom is -0.398 e. The smallest absolute Gasteiger partial charge is 0.264 e. The van der Waals surface area contributed by atoms with Gasteiger partial charge in [-0.1, -0.05) is 0 Å². The van der Waals surface area contributed by atoms with Crippen LogP contribution in [0, 0.1) is 5.82 Å². The molecule has 20 heavy (non-hydrogen) atoms. The Morgan fingerprint density at radius 1 is 1.25 bits per heavy atom. The monoisotopic (exact) mass is 297 g/mol. The minimum absolute atomic E-state index is 0.0660. The molecule has 0 unspecified atom stereocenters. The largest absolute Gasteiger partial charge is 0.398 e. The van der Waals surface area contributed by atoms with Gasteiger partial charge in [-0.05, 0) is 24.3 Å². The van der Waals surface area contributed by atoms with Crippen molar-refractivity contribution in [2.75, 3.05) is 10.5 Å². The van der Waals surface area contributed by atoms with Gasteiger partial charge in [0.15, 0.2) is 0 Å². The number of aromatic nitrogens is 1. The van der Waals surface area contributed by atoms with Crippen LogP contribution in [0.25, 0.3) is 0 Å².